The van der Waals surface area contributed by atoms with Gasteiger partial charge in [-0.3, -0.25) is 9.59 Å². The summed E-state index contributed by atoms with van der Waals surface area (Å²) in [6.45, 7) is 3.18. The predicted molar refractivity (Wildman–Crippen MR) is 93.8 cm³/mol. The maximum Gasteiger partial charge on any atom is 0.251 e. The van der Waals surface area contributed by atoms with Gasteiger partial charge >= 0.3 is 0 Å². The van der Waals surface area contributed by atoms with Crippen molar-refractivity contribution in [1.29, 1.82) is 0 Å². The van der Waals surface area contributed by atoms with E-state index in [9.17, 15) is 14.7 Å². The van der Waals surface area contributed by atoms with Crippen LogP contribution in [0.4, 0.5) is 5.69 Å². The van der Waals surface area contributed by atoms with E-state index in [-0.39, 0.29) is 11.8 Å². The molecule has 2 unspecified atom stereocenters. The third kappa shape index (κ3) is 5.21. The van der Waals surface area contributed by atoms with Crippen LogP contribution in [-0.2, 0) is 11.2 Å². The van der Waals surface area contributed by atoms with Gasteiger partial charge in [-0.1, -0.05) is 36.4 Å². The van der Waals surface area contributed by atoms with E-state index in [0.29, 0.717) is 17.7 Å². The molecule has 2 aromatic carbocycles. The summed E-state index contributed by atoms with van der Waals surface area (Å²) < 4.78 is 0. The number of amides is 2. The van der Waals surface area contributed by atoms with Crippen LogP contribution in [0.1, 0.15) is 29.8 Å². The number of nitrogens with one attached hydrogen (secondary N) is 2. The molecule has 0 saturated carbocycles. The highest BCUT2D eigenvalue weighted by Crippen LogP contribution is 2.12. The standard InChI is InChI=1S/C19H22N2O3/c1-13(18(23)11-15-7-4-3-5-8-15)20-19(24)16-9-6-10-17(12-16)21-14(2)22/h3-10,12-13,18,23H,11H2,1-2H3,(H,20,24)(H,21,22). The third-order valence-electron chi connectivity index (χ3n) is 3.67. The first-order valence-corrected chi connectivity index (χ1v) is 7.86. The molecule has 126 valence electrons. The van der Waals surface area contributed by atoms with Crippen LogP contribution in [-0.4, -0.2) is 29.1 Å². The molecule has 5 heteroatoms. The zero-order chi connectivity index (χ0) is 17.5. The second-order valence-electron chi connectivity index (χ2n) is 5.78. The molecule has 5 nitrogen and oxygen atoms in total. The van der Waals surface area contributed by atoms with E-state index in [2.05, 4.69) is 10.6 Å². The Balaban J connectivity index is 1.96. The van der Waals surface area contributed by atoms with E-state index in [1.807, 2.05) is 30.3 Å². The summed E-state index contributed by atoms with van der Waals surface area (Å²) in [7, 11) is 0. The van der Waals surface area contributed by atoms with E-state index in [1.165, 1.54) is 6.92 Å². The van der Waals surface area contributed by atoms with E-state index < -0.39 is 12.1 Å². The minimum atomic E-state index is -0.685. The molecule has 0 aromatic heterocycles. The van der Waals surface area contributed by atoms with E-state index in [0.717, 1.165) is 5.56 Å². The zero-order valence-corrected chi connectivity index (χ0v) is 13.8. The maximum absolute atomic E-state index is 12.3. The van der Waals surface area contributed by atoms with Crippen molar-refractivity contribution < 1.29 is 14.7 Å². The lowest BCUT2D eigenvalue weighted by Crippen LogP contribution is -2.42. The SMILES string of the molecule is CC(=O)Nc1cccc(C(=O)NC(C)C(O)Cc2ccccc2)c1. The number of aliphatic hydroxyl groups excluding tert-OH is 1. The van der Waals surface area contributed by atoms with Crippen molar-refractivity contribution in [2.24, 2.45) is 0 Å². The Bertz CT molecular complexity index is 701. The average molecular weight is 326 g/mol. The summed E-state index contributed by atoms with van der Waals surface area (Å²) >= 11 is 0. The molecule has 0 radical (unpaired) electrons. The van der Waals surface area contributed by atoms with Gasteiger partial charge in [0.1, 0.15) is 0 Å². The number of hydrogen-bond donors (Lipinski definition) is 3. The number of rotatable bonds is 6. The van der Waals surface area contributed by atoms with Crippen molar-refractivity contribution in [3.63, 3.8) is 0 Å². The number of benzene rings is 2. The maximum atomic E-state index is 12.3. The topological polar surface area (TPSA) is 78.4 Å². The lowest BCUT2D eigenvalue weighted by atomic mass is 10.0. The minimum absolute atomic E-state index is 0.195. The number of carbonyl (C=O) groups is 2. The van der Waals surface area contributed by atoms with Gasteiger partial charge in [-0.2, -0.15) is 0 Å². The van der Waals surface area contributed by atoms with Crippen molar-refractivity contribution in [2.75, 3.05) is 5.32 Å². The molecule has 0 aliphatic carbocycles. The summed E-state index contributed by atoms with van der Waals surface area (Å²) in [5.74, 6) is -0.485. The van der Waals surface area contributed by atoms with Gasteiger partial charge in [0.05, 0.1) is 12.1 Å². The predicted octanol–water partition coefficient (Wildman–Crippen LogP) is 2.37. The molecule has 24 heavy (non-hydrogen) atoms. The molecule has 0 bridgehead atoms. The highest BCUT2D eigenvalue weighted by molar-refractivity contribution is 5.96. The summed E-state index contributed by atoms with van der Waals surface area (Å²) in [6.07, 6.45) is -0.219. The largest absolute Gasteiger partial charge is 0.391 e. The third-order valence-corrected chi connectivity index (χ3v) is 3.67. The first-order chi connectivity index (χ1) is 11.5. The molecule has 0 saturated heterocycles. The van der Waals surface area contributed by atoms with Crippen molar-refractivity contribution in [1.82, 2.24) is 5.32 Å². The van der Waals surface area contributed by atoms with Gasteiger partial charge in [-0.25, -0.2) is 0 Å². The number of hydrogen-bond acceptors (Lipinski definition) is 3. The molecule has 0 aliphatic rings. The Kier molecular flexibility index (Phi) is 6.09. The smallest absolute Gasteiger partial charge is 0.251 e. The van der Waals surface area contributed by atoms with Crippen molar-refractivity contribution in [3.8, 4) is 0 Å². The van der Waals surface area contributed by atoms with Gasteiger partial charge in [0.15, 0.2) is 0 Å². The minimum Gasteiger partial charge on any atom is -0.391 e. The van der Waals surface area contributed by atoms with Crippen molar-refractivity contribution in [2.45, 2.75) is 32.4 Å². The highest BCUT2D eigenvalue weighted by atomic mass is 16.3. The quantitative estimate of drug-likeness (QED) is 0.762. The Labute approximate surface area is 141 Å². The molecular weight excluding hydrogens is 304 g/mol. The Morgan fingerprint density at radius 3 is 2.46 bits per heavy atom. The summed E-state index contributed by atoms with van der Waals surface area (Å²) in [5, 5.41) is 15.7. The summed E-state index contributed by atoms with van der Waals surface area (Å²) in [5.41, 5.74) is 2.01. The number of anilines is 1. The highest BCUT2D eigenvalue weighted by Gasteiger charge is 2.18. The average Bonchev–Trinajstić information content (AvgIpc) is 2.55. The van der Waals surface area contributed by atoms with Gasteiger partial charge in [0.25, 0.3) is 5.91 Å². The molecule has 0 fully saturated rings. The first-order valence-electron chi connectivity index (χ1n) is 7.86. The summed E-state index contributed by atoms with van der Waals surface area (Å²) in [4.78, 5) is 23.4. The second-order valence-corrected chi connectivity index (χ2v) is 5.78. The van der Waals surface area contributed by atoms with Crippen molar-refractivity contribution in [3.05, 3.63) is 65.7 Å². The van der Waals surface area contributed by atoms with Crippen LogP contribution >= 0.6 is 0 Å². The molecule has 2 aromatic rings. The molecule has 2 atom stereocenters. The molecule has 0 spiro atoms. The molecule has 0 heterocycles. The van der Waals surface area contributed by atoms with Crippen molar-refractivity contribution >= 4 is 17.5 Å². The van der Waals surface area contributed by atoms with Gasteiger partial charge in [0, 0.05) is 24.6 Å². The molecule has 0 aliphatic heterocycles. The fourth-order valence-electron chi connectivity index (χ4n) is 2.36. The molecular formula is C19H22N2O3. The Morgan fingerprint density at radius 1 is 1.08 bits per heavy atom. The van der Waals surface area contributed by atoms with E-state index in [4.69, 9.17) is 0 Å². The summed E-state index contributed by atoms with van der Waals surface area (Å²) in [6, 6.07) is 15.9. The fourth-order valence-corrected chi connectivity index (χ4v) is 2.36. The second kappa shape index (κ2) is 8.26. The Morgan fingerprint density at radius 2 is 1.79 bits per heavy atom. The molecule has 2 amide bonds. The van der Waals surface area contributed by atoms with Gasteiger partial charge in [-0.15, -0.1) is 0 Å². The van der Waals surface area contributed by atoms with Gasteiger partial charge in [0.2, 0.25) is 5.91 Å². The van der Waals surface area contributed by atoms with Gasteiger partial charge in [-0.05, 0) is 30.7 Å². The van der Waals surface area contributed by atoms with Crippen LogP contribution in [0.15, 0.2) is 54.6 Å². The van der Waals surface area contributed by atoms with Crippen LogP contribution in [0.2, 0.25) is 0 Å². The lowest BCUT2D eigenvalue weighted by molar-refractivity contribution is -0.114. The van der Waals surface area contributed by atoms with Gasteiger partial charge < -0.3 is 15.7 Å². The van der Waals surface area contributed by atoms with Crippen LogP contribution in [0.25, 0.3) is 0 Å². The van der Waals surface area contributed by atoms with Crippen LogP contribution < -0.4 is 10.6 Å². The zero-order valence-electron chi connectivity index (χ0n) is 13.8. The van der Waals surface area contributed by atoms with E-state index in [1.54, 1.807) is 31.2 Å². The van der Waals surface area contributed by atoms with E-state index >= 15 is 0 Å². The molecule has 3 N–H and O–H groups in total. The Hall–Kier alpha value is -2.66. The van der Waals surface area contributed by atoms with Crippen LogP contribution in [0.5, 0.6) is 0 Å². The van der Waals surface area contributed by atoms with Crippen LogP contribution in [0.3, 0.4) is 0 Å². The normalized spacial score (nSPS) is 13.0. The first kappa shape index (κ1) is 17.7. The lowest BCUT2D eigenvalue weighted by Gasteiger charge is -2.20. The fraction of sp³-hybridized carbons (Fsp3) is 0.263. The van der Waals surface area contributed by atoms with Crippen LogP contribution in [0, 0.1) is 0 Å². The molecule has 2 rings (SSSR count). The number of aliphatic hydroxyl groups is 1. The number of carbonyl (C=O) groups excluding carboxylic acids is 2. The monoisotopic (exact) mass is 326 g/mol.